The van der Waals surface area contributed by atoms with E-state index in [4.69, 9.17) is 4.74 Å². The van der Waals surface area contributed by atoms with E-state index < -0.39 is 0 Å². The topological polar surface area (TPSA) is 71.2 Å². The highest BCUT2D eigenvalue weighted by atomic mass is 16.5. The molecule has 5 heteroatoms. The summed E-state index contributed by atoms with van der Waals surface area (Å²) in [6, 6.07) is 7.37. The molecule has 5 nitrogen and oxygen atoms in total. The zero-order valence-electron chi connectivity index (χ0n) is 13.2. The van der Waals surface area contributed by atoms with E-state index in [9.17, 15) is 9.59 Å². The number of H-pyrrole nitrogens is 1. The molecule has 1 aromatic carbocycles. The van der Waals surface area contributed by atoms with Gasteiger partial charge in [0.05, 0.1) is 7.11 Å². The minimum atomic E-state index is -0.115. The molecule has 2 rings (SSSR count). The van der Waals surface area contributed by atoms with Crippen molar-refractivity contribution in [3.63, 3.8) is 0 Å². The maximum absolute atomic E-state index is 12.0. The SMILES string of the molecule is COc1ccc2[nH]c(=O)c(CCNC(=O)CC(C)C)cc2c1. The second-order valence-electron chi connectivity index (χ2n) is 5.77. The maximum atomic E-state index is 12.0. The highest BCUT2D eigenvalue weighted by Crippen LogP contribution is 2.18. The van der Waals surface area contributed by atoms with E-state index in [1.807, 2.05) is 38.1 Å². The van der Waals surface area contributed by atoms with E-state index in [2.05, 4.69) is 10.3 Å². The summed E-state index contributed by atoms with van der Waals surface area (Å²) in [5, 5.41) is 3.76. The van der Waals surface area contributed by atoms with Gasteiger partial charge in [-0.15, -0.1) is 0 Å². The fourth-order valence-electron chi connectivity index (χ4n) is 2.32. The first-order valence-corrected chi connectivity index (χ1v) is 7.46. The van der Waals surface area contributed by atoms with Crippen molar-refractivity contribution in [2.24, 2.45) is 5.92 Å². The van der Waals surface area contributed by atoms with Gasteiger partial charge in [-0.25, -0.2) is 0 Å². The van der Waals surface area contributed by atoms with Gasteiger partial charge in [0.2, 0.25) is 5.91 Å². The Morgan fingerprint density at radius 3 is 2.77 bits per heavy atom. The molecular weight excluding hydrogens is 280 g/mol. The Morgan fingerprint density at radius 1 is 1.32 bits per heavy atom. The van der Waals surface area contributed by atoms with E-state index in [0.29, 0.717) is 30.9 Å². The van der Waals surface area contributed by atoms with Gasteiger partial charge in [-0.05, 0) is 36.6 Å². The Balaban J connectivity index is 2.09. The summed E-state index contributed by atoms with van der Waals surface area (Å²) in [6.07, 6.45) is 1.01. The molecule has 0 aliphatic rings. The third-order valence-corrected chi connectivity index (χ3v) is 3.44. The van der Waals surface area contributed by atoms with Crippen LogP contribution in [0.15, 0.2) is 29.1 Å². The van der Waals surface area contributed by atoms with Crippen molar-refractivity contribution in [1.82, 2.24) is 10.3 Å². The average molecular weight is 302 g/mol. The van der Waals surface area contributed by atoms with Crippen molar-refractivity contribution < 1.29 is 9.53 Å². The molecule has 1 heterocycles. The van der Waals surface area contributed by atoms with Gasteiger partial charge < -0.3 is 15.0 Å². The molecule has 0 spiro atoms. The third-order valence-electron chi connectivity index (χ3n) is 3.44. The molecule has 22 heavy (non-hydrogen) atoms. The lowest BCUT2D eigenvalue weighted by atomic mass is 10.1. The molecule has 1 aromatic heterocycles. The number of carbonyl (C=O) groups is 1. The fourth-order valence-corrected chi connectivity index (χ4v) is 2.32. The number of benzene rings is 1. The van der Waals surface area contributed by atoms with Gasteiger partial charge in [0.1, 0.15) is 5.75 Å². The molecule has 0 saturated heterocycles. The first-order valence-electron chi connectivity index (χ1n) is 7.46. The van der Waals surface area contributed by atoms with E-state index in [1.165, 1.54) is 0 Å². The maximum Gasteiger partial charge on any atom is 0.251 e. The van der Waals surface area contributed by atoms with E-state index >= 15 is 0 Å². The molecule has 0 saturated carbocycles. The number of aromatic nitrogens is 1. The van der Waals surface area contributed by atoms with Crippen LogP contribution in [0.4, 0.5) is 0 Å². The smallest absolute Gasteiger partial charge is 0.251 e. The lowest BCUT2D eigenvalue weighted by molar-refractivity contribution is -0.121. The number of ether oxygens (including phenoxy) is 1. The highest BCUT2D eigenvalue weighted by Gasteiger charge is 2.07. The third kappa shape index (κ3) is 4.10. The number of rotatable bonds is 6. The number of methoxy groups -OCH3 is 1. The van der Waals surface area contributed by atoms with E-state index in [-0.39, 0.29) is 11.5 Å². The Kier molecular flexibility index (Phi) is 5.20. The summed E-state index contributed by atoms with van der Waals surface area (Å²) in [6.45, 7) is 4.46. The van der Waals surface area contributed by atoms with Gasteiger partial charge in [0, 0.05) is 29.4 Å². The summed E-state index contributed by atoms with van der Waals surface area (Å²) in [5.74, 6) is 1.10. The molecule has 0 unspecified atom stereocenters. The monoisotopic (exact) mass is 302 g/mol. The molecule has 0 radical (unpaired) electrons. The average Bonchev–Trinajstić information content (AvgIpc) is 2.46. The van der Waals surface area contributed by atoms with Crippen LogP contribution in [0.25, 0.3) is 10.9 Å². The van der Waals surface area contributed by atoms with Crippen LogP contribution < -0.4 is 15.6 Å². The summed E-state index contributed by atoms with van der Waals surface area (Å²) >= 11 is 0. The molecule has 118 valence electrons. The second-order valence-corrected chi connectivity index (χ2v) is 5.77. The van der Waals surface area contributed by atoms with E-state index in [0.717, 1.165) is 16.7 Å². The van der Waals surface area contributed by atoms with Crippen molar-refractivity contribution in [3.8, 4) is 5.75 Å². The molecule has 0 bridgehead atoms. The van der Waals surface area contributed by atoms with Gasteiger partial charge in [0.15, 0.2) is 0 Å². The predicted octanol–water partition coefficient (Wildman–Crippen LogP) is 2.24. The van der Waals surface area contributed by atoms with Crippen molar-refractivity contribution in [1.29, 1.82) is 0 Å². The zero-order valence-corrected chi connectivity index (χ0v) is 13.2. The van der Waals surface area contributed by atoms with Crippen LogP contribution in [-0.4, -0.2) is 24.5 Å². The van der Waals surface area contributed by atoms with Crippen LogP contribution in [0, 0.1) is 5.92 Å². The summed E-state index contributed by atoms with van der Waals surface area (Å²) in [5.41, 5.74) is 1.32. The van der Waals surface area contributed by atoms with Gasteiger partial charge in [-0.2, -0.15) is 0 Å². The highest BCUT2D eigenvalue weighted by molar-refractivity contribution is 5.80. The molecule has 0 aliphatic heterocycles. The van der Waals surface area contributed by atoms with Gasteiger partial charge in [-0.1, -0.05) is 13.8 Å². The number of amides is 1. The zero-order chi connectivity index (χ0) is 16.1. The Labute approximate surface area is 129 Å². The Hall–Kier alpha value is -2.30. The van der Waals surface area contributed by atoms with Crippen LogP contribution in [0.1, 0.15) is 25.8 Å². The summed E-state index contributed by atoms with van der Waals surface area (Å²) in [4.78, 5) is 26.5. The quantitative estimate of drug-likeness (QED) is 0.859. The second kappa shape index (κ2) is 7.11. The molecule has 0 fully saturated rings. The van der Waals surface area contributed by atoms with Gasteiger partial charge in [-0.3, -0.25) is 9.59 Å². The molecule has 0 atom stereocenters. The number of aromatic amines is 1. The predicted molar refractivity (Wildman–Crippen MR) is 87.3 cm³/mol. The van der Waals surface area contributed by atoms with Crippen LogP contribution in [0.3, 0.4) is 0 Å². The molecule has 0 aliphatic carbocycles. The number of fused-ring (bicyclic) bond motifs is 1. The lowest BCUT2D eigenvalue weighted by Crippen LogP contribution is -2.28. The Morgan fingerprint density at radius 2 is 2.09 bits per heavy atom. The fraction of sp³-hybridized carbons (Fsp3) is 0.412. The standard InChI is InChI=1S/C17H22N2O3/c1-11(2)8-16(20)18-7-6-12-9-13-10-14(22-3)4-5-15(13)19-17(12)21/h4-5,9-11H,6-8H2,1-3H3,(H,18,20)(H,19,21). The molecule has 2 N–H and O–H groups in total. The van der Waals surface area contributed by atoms with Crippen LogP contribution >= 0.6 is 0 Å². The van der Waals surface area contributed by atoms with Crippen molar-refractivity contribution in [2.45, 2.75) is 26.7 Å². The minimum absolute atomic E-state index is 0.0221. The van der Waals surface area contributed by atoms with Crippen LogP contribution in [0.2, 0.25) is 0 Å². The largest absolute Gasteiger partial charge is 0.497 e. The first-order chi connectivity index (χ1) is 10.5. The number of carbonyl (C=O) groups excluding carboxylic acids is 1. The van der Waals surface area contributed by atoms with Crippen LogP contribution in [-0.2, 0) is 11.2 Å². The number of hydrogen-bond donors (Lipinski definition) is 2. The molecule has 2 aromatic rings. The summed E-state index contributed by atoms with van der Waals surface area (Å²) < 4.78 is 5.19. The lowest BCUT2D eigenvalue weighted by Gasteiger charge is -2.08. The number of nitrogens with one attached hydrogen (secondary N) is 2. The minimum Gasteiger partial charge on any atom is -0.497 e. The van der Waals surface area contributed by atoms with E-state index in [1.54, 1.807) is 7.11 Å². The van der Waals surface area contributed by atoms with Crippen molar-refractivity contribution in [2.75, 3.05) is 13.7 Å². The summed E-state index contributed by atoms with van der Waals surface area (Å²) in [7, 11) is 1.61. The van der Waals surface area contributed by atoms with Crippen LogP contribution in [0.5, 0.6) is 5.75 Å². The number of pyridine rings is 1. The van der Waals surface area contributed by atoms with Crippen molar-refractivity contribution in [3.05, 3.63) is 40.2 Å². The van der Waals surface area contributed by atoms with Gasteiger partial charge in [0.25, 0.3) is 5.56 Å². The normalized spacial score (nSPS) is 10.9. The first kappa shape index (κ1) is 16.1. The van der Waals surface area contributed by atoms with Gasteiger partial charge >= 0.3 is 0 Å². The number of hydrogen-bond acceptors (Lipinski definition) is 3. The molecule has 1 amide bonds. The van der Waals surface area contributed by atoms with Crippen molar-refractivity contribution >= 4 is 16.8 Å². The Bertz CT molecular complexity index is 719. The molecular formula is C17H22N2O3.